The molecule has 0 bridgehead atoms. The van der Waals surface area contributed by atoms with Crippen LogP contribution in [0.4, 0.5) is 14.5 Å². The fourth-order valence-corrected chi connectivity index (χ4v) is 2.58. The average Bonchev–Trinajstić information content (AvgIpc) is 2.78. The molecule has 0 saturated carbocycles. The number of methoxy groups -OCH3 is 1. The second-order valence-corrected chi connectivity index (χ2v) is 5.22. The lowest BCUT2D eigenvalue weighted by atomic mass is 10.1. The summed E-state index contributed by atoms with van der Waals surface area (Å²) in [6.45, 7) is -0.198. The van der Waals surface area contributed by atoms with Crippen molar-refractivity contribution in [3.8, 4) is 0 Å². The number of Topliss-reactive ketones (excluding diaryl/α,β-unsaturated/α-hetero) is 1. The molecular formula is C17H11F2NO4. The number of amides is 1. The Kier molecular flexibility index (Phi) is 3.84. The standard InChI is InChI=1S/C17H11F2NO4/c1-24-17(23)10-2-3-13-14(6-10)20(16(22)15(13)21)8-9-4-11(18)7-12(19)5-9/h2-7H,8H2,1H3. The number of halogens is 2. The van der Waals surface area contributed by atoms with Crippen molar-refractivity contribution in [3.63, 3.8) is 0 Å². The van der Waals surface area contributed by atoms with Gasteiger partial charge in [0.15, 0.2) is 0 Å². The summed E-state index contributed by atoms with van der Waals surface area (Å²) in [4.78, 5) is 36.9. The van der Waals surface area contributed by atoms with Gasteiger partial charge in [-0.25, -0.2) is 13.6 Å². The van der Waals surface area contributed by atoms with Gasteiger partial charge in [0, 0.05) is 6.07 Å². The number of benzene rings is 2. The minimum atomic E-state index is -0.823. The van der Waals surface area contributed by atoms with Crippen molar-refractivity contribution >= 4 is 23.3 Å². The van der Waals surface area contributed by atoms with Crippen molar-refractivity contribution in [2.24, 2.45) is 0 Å². The molecule has 5 nitrogen and oxygen atoms in total. The molecule has 24 heavy (non-hydrogen) atoms. The minimum absolute atomic E-state index is 0.129. The number of hydrogen-bond acceptors (Lipinski definition) is 4. The molecule has 1 heterocycles. The predicted molar refractivity (Wildman–Crippen MR) is 79.7 cm³/mol. The zero-order valence-corrected chi connectivity index (χ0v) is 12.5. The van der Waals surface area contributed by atoms with Crippen LogP contribution in [0.3, 0.4) is 0 Å². The highest BCUT2D eigenvalue weighted by molar-refractivity contribution is 6.52. The third-order valence-electron chi connectivity index (χ3n) is 3.66. The largest absolute Gasteiger partial charge is 0.465 e. The van der Waals surface area contributed by atoms with Crippen LogP contribution in [0.25, 0.3) is 0 Å². The van der Waals surface area contributed by atoms with E-state index in [1.165, 1.54) is 25.3 Å². The molecule has 0 spiro atoms. The van der Waals surface area contributed by atoms with E-state index in [1.807, 2.05) is 0 Å². The number of rotatable bonds is 3. The lowest BCUT2D eigenvalue weighted by Gasteiger charge is -2.17. The molecule has 7 heteroatoms. The van der Waals surface area contributed by atoms with Gasteiger partial charge in [0.05, 0.1) is 30.5 Å². The van der Waals surface area contributed by atoms with Crippen molar-refractivity contribution in [1.29, 1.82) is 0 Å². The molecule has 0 aliphatic carbocycles. The molecule has 0 saturated heterocycles. The number of hydrogen-bond donors (Lipinski definition) is 0. The van der Waals surface area contributed by atoms with Crippen molar-refractivity contribution in [1.82, 2.24) is 0 Å². The number of fused-ring (bicyclic) bond motifs is 1. The average molecular weight is 331 g/mol. The quantitative estimate of drug-likeness (QED) is 0.640. The first kappa shape index (κ1) is 15.8. The molecule has 2 aromatic rings. The number of nitrogens with zero attached hydrogens (tertiary/aromatic N) is 1. The zero-order valence-electron chi connectivity index (χ0n) is 12.5. The Morgan fingerprint density at radius 2 is 1.75 bits per heavy atom. The summed E-state index contributed by atoms with van der Waals surface area (Å²) in [6.07, 6.45) is 0. The molecule has 1 amide bonds. The van der Waals surface area contributed by atoms with Gasteiger partial charge < -0.3 is 9.64 Å². The first-order valence-corrected chi connectivity index (χ1v) is 6.94. The van der Waals surface area contributed by atoms with E-state index in [4.69, 9.17) is 0 Å². The second-order valence-electron chi connectivity index (χ2n) is 5.22. The van der Waals surface area contributed by atoms with Crippen LogP contribution in [0.5, 0.6) is 0 Å². The van der Waals surface area contributed by atoms with Crippen LogP contribution in [-0.2, 0) is 16.1 Å². The lowest BCUT2D eigenvalue weighted by Crippen LogP contribution is -2.29. The molecule has 0 fully saturated rings. The Balaban J connectivity index is 2.02. The number of ketones is 1. The van der Waals surface area contributed by atoms with E-state index in [9.17, 15) is 23.2 Å². The van der Waals surface area contributed by atoms with E-state index in [2.05, 4.69) is 4.74 Å². The van der Waals surface area contributed by atoms with E-state index in [0.29, 0.717) is 6.07 Å². The van der Waals surface area contributed by atoms with E-state index in [1.54, 1.807) is 0 Å². The van der Waals surface area contributed by atoms with Crippen molar-refractivity contribution in [3.05, 3.63) is 64.7 Å². The molecule has 0 aromatic heterocycles. The summed E-state index contributed by atoms with van der Waals surface area (Å²) in [7, 11) is 1.21. The molecular weight excluding hydrogens is 320 g/mol. The maximum Gasteiger partial charge on any atom is 0.337 e. The number of ether oxygens (including phenoxy) is 1. The van der Waals surface area contributed by atoms with Crippen molar-refractivity contribution in [2.45, 2.75) is 6.54 Å². The third kappa shape index (κ3) is 2.64. The maximum absolute atomic E-state index is 13.3. The number of carbonyl (C=O) groups is 3. The molecule has 3 rings (SSSR count). The van der Waals surface area contributed by atoms with Crippen molar-refractivity contribution < 1.29 is 27.9 Å². The van der Waals surface area contributed by atoms with Crippen LogP contribution in [0.15, 0.2) is 36.4 Å². The van der Waals surface area contributed by atoms with Crippen molar-refractivity contribution in [2.75, 3.05) is 12.0 Å². The SMILES string of the molecule is COC(=O)c1ccc2c(c1)N(Cc1cc(F)cc(F)c1)C(=O)C2=O. The topological polar surface area (TPSA) is 63.7 Å². The summed E-state index contributed by atoms with van der Waals surface area (Å²) in [5.41, 5.74) is 0.682. The van der Waals surface area contributed by atoms with E-state index < -0.39 is 29.3 Å². The maximum atomic E-state index is 13.3. The zero-order chi connectivity index (χ0) is 17.4. The smallest absolute Gasteiger partial charge is 0.337 e. The molecule has 122 valence electrons. The Bertz CT molecular complexity index is 859. The Morgan fingerprint density at radius 3 is 2.38 bits per heavy atom. The Labute approximate surface area is 135 Å². The number of carbonyl (C=O) groups excluding carboxylic acids is 3. The second kappa shape index (κ2) is 5.84. The first-order chi connectivity index (χ1) is 11.4. The van der Waals surface area contributed by atoms with Crippen LogP contribution in [-0.4, -0.2) is 24.8 Å². The number of esters is 1. The molecule has 0 N–H and O–H groups in total. The summed E-state index contributed by atoms with van der Waals surface area (Å²) in [5.74, 6) is -3.76. The van der Waals surface area contributed by atoms with Gasteiger partial charge in [-0.15, -0.1) is 0 Å². The van der Waals surface area contributed by atoms with Gasteiger partial charge in [0.1, 0.15) is 11.6 Å². The highest BCUT2D eigenvalue weighted by Gasteiger charge is 2.36. The first-order valence-electron chi connectivity index (χ1n) is 6.94. The minimum Gasteiger partial charge on any atom is -0.465 e. The van der Waals surface area contributed by atoms with Crippen LogP contribution in [0, 0.1) is 11.6 Å². The predicted octanol–water partition coefficient (Wildman–Crippen LogP) is 2.48. The number of anilines is 1. The lowest BCUT2D eigenvalue weighted by molar-refractivity contribution is -0.114. The van der Waals surface area contributed by atoms with Gasteiger partial charge in [0.25, 0.3) is 11.7 Å². The van der Waals surface area contributed by atoms with Gasteiger partial charge in [-0.2, -0.15) is 0 Å². The van der Waals surface area contributed by atoms with Crippen LogP contribution in [0.1, 0.15) is 26.3 Å². The highest BCUT2D eigenvalue weighted by atomic mass is 19.1. The van der Waals surface area contributed by atoms with E-state index in [0.717, 1.165) is 17.0 Å². The summed E-state index contributed by atoms with van der Waals surface area (Å²) < 4.78 is 31.2. The van der Waals surface area contributed by atoms with Gasteiger partial charge in [-0.3, -0.25) is 9.59 Å². The van der Waals surface area contributed by atoms with Crippen LogP contribution < -0.4 is 4.90 Å². The fraction of sp³-hybridized carbons (Fsp3) is 0.118. The van der Waals surface area contributed by atoms with E-state index in [-0.39, 0.29) is 28.9 Å². The van der Waals surface area contributed by atoms with Gasteiger partial charge >= 0.3 is 5.97 Å². The fourth-order valence-electron chi connectivity index (χ4n) is 2.58. The highest BCUT2D eigenvalue weighted by Crippen LogP contribution is 2.31. The van der Waals surface area contributed by atoms with Gasteiger partial charge in [-0.05, 0) is 35.9 Å². The molecule has 1 aliphatic heterocycles. The summed E-state index contributed by atoms with van der Waals surface area (Å²) in [6, 6.07) is 6.94. The van der Waals surface area contributed by atoms with Crippen LogP contribution in [0.2, 0.25) is 0 Å². The van der Waals surface area contributed by atoms with Gasteiger partial charge in [0.2, 0.25) is 0 Å². The Morgan fingerprint density at radius 1 is 1.08 bits per heavy atom. The molecule has 0 unspecified atom stereocenters. The third-order valence-corrected chi connectivity index (χ3v) is 3.66. The molecule has 2 aromatic carbocycles. The normalized spacial score (nSPS) is 13.2. The van der Waals surface area contributed by atoms with E-state index >= 15 is 0 Å². The molecule has 0 atom stereocenters. The molecule has 0 radical (unpaired) electrons. The summed E-state index contributed by atoms with van der Waals surface area (Å²) in [5, 5.41) is 0. The Hall–Kier alpha value is -3.09. The van der Waals surface area contributed by atoms with Crippen LogP contribution >= 0.6 is 0 Å². The van der Waals surface area contributed by atoms with Gasteiger partial charge in [-0.1, -0.05) is 0 Å². The monoisotopic (exact) mass is 331 g/mol. The summed E-state index contributed by atoms with van der Waals surface area (Å²) >= 11 is 0. The molecule has 1 aliphatic rings.